The molecule has 1 aromatic carbocycles. The zero-order chi connectivity index (χ0) is 11.3. The molecule has 1 amide bonds. The van der Waals surface area contributed by atoms with E-state index in [1.165, 1.54) is 0 Å². The van der Waals surface area contributed by atoms with Crippen LogP contribution in [-0.2, 0) is 14.3 Å². The van der Waals surface area contributed by atoms with E-state index in [1.807, 2.05) is 0 Å². The van der Waals surface area contributed by atoms with Gasteiger partial charge in [0.15, 0.2) is 0 Å². The molecule has 15 heavy (non-hydrogen) atoms. The molecule has 0 saturated carbocycles. The minimum atomic E-state index is -1.03. The van der Waals surface area contributed by atoms with E-state index in [1.54, 1.807) is 30.3 Å². The van der Waals surface area contributed by atoms with E-state index in [9.17, 15) is 9.59 Å². The number of methoxy groups -OCH3 is 1. The molecular weight excluding hydrogens is 196 g/mol. The summed E-state index contributed by atoms with van der Waals surface area (Å²) < 4.78 is 4.20. The largest absolute Gasteiger partial charge is 0.462 e. The Labute approximate surface area is 86.6 Å². The van der Waals surface area contributed by atoms with Gasteiger partial charge in [-0.15, -0.1) is 0 Å². The second-order valence-electron chi connectivity index (χ2n) is 2.66. The molecule has 0 aliphatic carbocycles. The molecule has 0 radical (unpaired) electrons. The van der Waals surface area contributed by atoms with Crippen molar-refractivity contribution in [2.75, 3.05) is 7.11 Å². The van der Waals surface area contributed by atoms with Crippen molar-refractivity contribution in [1.82, 2.24) is 0 Å². The molecule has 1 aromatic rings. The predicted octanol–water partition coefficient (Wildman–Crippen LogP) is 0.0915. The third-order valence-electron chi connectivity index (χ3n) is 1.65. The monoisotopic (exact) mass is 206 g/mol. The highest BCUT2D eigenvalue weighted by Crippen LogP contribution is 1.98. The minimum absolute atomic E-state index is 0.00833. The van der Waals surface area contributed by atoms with Gasteiger partial charge in [-0.25, -0.2) is 4.79 Å². The van der Waals surface area contributed by atoms with Gasteiger partial charge in [0.2, 0.25) is 0 Å². The van der Waals surface area contributed by atoms with Gasteiger partial charge < -0.3 is 10.5 Å². The molecule has 1 rings (SSSR count). The van der Waals surface area contributed by atoms with Crippen molar-refractivity contribution in [2.45, 2.75) is 0 Å². The van der Waals surface area contributed by atoms with Crippen molar-refractivity contribution in [1.29, 1.82) is 0 Å². The highest BCUT2D eigenvalue weighted by atomic mass is 16.5. The molecular formula is C10H10N2O3. The Hall–Kier alpha value is -2.17. The molecule has 0 unspecified atom stereocenters. The first-order valence-corrected chi connectivity index (χ1v) is 4.17. The average Bonchev–Trinajstić information content (AvgIpc) is 2.29. The van der Waals surface area contributed by atoms with Gasteiger partial charge >= 0.3 is 11.9 Å². The third-order valence-corrected chi connectivity index (χ3v) is 1.65. The Morgan fingerprint density at radius 1 is 1.27 bits per heavy atom. The van der Waals surface area contributed by atoms with E-state index < -0.39 is 11.9 Å². The number of hydrogen-bond acceptors (Lipinski definition) is 3. The van der Waals surface area contributed by atoms with Crippen molar-refractivity contribution >= 4 is 17.7 Å². The van der Waals surface area contributed by atoms with E-state index in [4.69, 9.17) is 5.73 Å². The van der Waals surface area contributed by atoms with Gasteiger partial charge in [0, 0.05) is 5.56 Å². The lowest BCUT2D eigenvalue weighted by Gasteiger charge is -1.98. The molecule has 0 saturated heterocycles. The summed E-state index contributed by atoms with van der Waals surface area (Å²) >= 11 is 0. The number of carbonyl (C=O) groups is 2. The van der Waals surface area contributed by atoms with Gasteiger partial charge in [0.05, 0.1) is 7.11 Å². The van der Waals surface area contributed by atoms with Crippen LogP contribution in [0.2, 0.25) is 0 Å². The fourth-order valence-electron chi connectivity index (χ4n) is 0.916. The summed E-state index contributed by atoms with van der Waals surface area (Å²) in [6, 6.07) is 8.67. The highest BCUT2D eigenvalue weighted by molar-refractivity contribution is 6.35. The quantitative estimate of drug-likeness (QED) is 0.305. The standard InChI is InChI=1S/C10H10N2O3/c1-15-10(14)9(13)12-8(11)7-5-3-2-4-6-7/h2-6H,1H3,(H2,11,12,13). The lowest BCUT2D eigenvalue weighted by Crippen LogP contribution is -2.20. The lowest BCUT2D eigenvalue weighted by molar-refractivity contribution is -0.151. The Bertz CT molecular complexity index is 398. The van der Waals surface area contributed by atoms with Crippen LogP contribution in [0.25, 0.3) is 0 Å². The number of amidine groups is 1. The molecule has 0 atom stereocenters. The molecule has 0 heterocycles. The summed E-state index contributed by atoms with van der Waals surface area (Å²) in [4.78, 5) is 25.2. The lowest BCUT2D eigenvalue weighted by atomic mass is 10.2. The number of esters is 1. The number of benzene rings is 1. The Morgan fingerprint density at radius 3 is 2.40 bits per heavy atom. The normalized spacial score (nSPS) is 10.9. The van der Waals surface area contributed by atoms with Crippen LogP contribution in [0, 0.1) is 0 Å². The molecule has 0 aliphatic heterocycles. The minimum Gasteiger partial charge on any atom is -0.462 e. The summed E-state index contributed by atoms with van der Waals surface area (Å²) in [5.41, 5.74) is 6.09. The molecule has 0 bridgehead atoms. The number of amides is 1. The van der Waals surface area contributed by atoms with Crippen LogP contribution >= 0.6 is 0 Å². The number of aliphatic imine (C=N–C) groups is 1. The maximum atomic E-state index is 11.0. The Morgan fingerprint density at radius 2 is 1.87 bits per heavy atom. The smallest absolute Gasteiger partial charge is 0.399 e. The average molecular weight is 206 g/mol. The molecule has 0 fully saturated rings. The van der Waals surface area contributed by atoms with E-state index in [-0.39, 0.29) is 5.84 Å². The summed E-state index contributed by atoms with van der Waals surface area (Å²) in [5.74, 6) is -2.06. The van der Waals surface area contributed by atoms with Crippen LogP contribution in [0.1, 0.15) is 5.56 Å². The van der Waals surface area contributed by atoms with Crippen molar-refractivity contribution in [2.24, 2.45) is 10.7 Å². The number of nitrogens with two attached hydrogens (primary N) is 1. The zero-order valence-electron chi connectivity index (χ0n) is 8.14. The van der Waals surface area contributed by atoms with E-state index >= 15 is 0 Å². The molecule has 78 valence electrons. The van der Waals surface area contributed by atoms with Gasteiger partial charge in [-0.1, -0.05) is 30.3 Å². The van der Waals surface area contributed by atoms with E-state index in [0.717, 1.165) is 7.11 Å². The van der Waals surface area contributed by atoms with Crippen LogP contribution in [0.15, 0.2) is 35.3 Å². The Kier molecular flexibility index (Phi) is 3.56. The Balaban J connectivity index is 2.86. The first-order valence-electron chi connectivity index (χ1n) is 4.17. The molecule has 2 N–H and O–H groups in total. The topological polar surface area (TPSA) is 81.8 Å². The number of hydrogen-bond donors (Lipinski definition) is 1. The first kappa shape index (κ1) is 10.9. The maximum Gasteiger partial charge on any atom is 0.399 e. The van der Waals surface area contributed by atoms with Crippen LogP contribution in [0.3, 0.4) is 0 Å². The second kappa shape index (κ2) is 4.90. The van der Waals surface area contributed by atoms with Gasteiger partial charge in [-0.05, 0) is 0 Å². The van der Waals surface area contributed by atoms with Crippen molar-refractivity contribution in [3.05, 3.63) is 35.9 Å². The van der Waals surface area contributed by atoms with E-state index in [2.05, 4.69) is 9.73 Å². The van der Waals surface area contributed by atoms with Gasteiger partial charge in [-0.2, -0.15) is 4.99 Å². The molecule has 0 spiro atoms. The maximum absolute atomic E-state index is 11.0. The number of ether oxygens (including phenoxy) is 1. The molecule has 5 heteroatoms. The van der Waals surface area contributed by atoms with Gasteiger partial charge in [0.25, 0.3) is 0 Å². The summed E-state index contributed by atoms with van der Waals surface area (Å²) in [5, 5.41) is 0. The fraction of sp³-hybridized carbons (Fsp3) is 0.100. The molecule has 0 aliphatic rings. The van der Waals surface area contributed by atoms with Crippen molar-refractivity contribution in [3.63, 3.8) is 0 Å². The van der Waals surface area contributed by atoms with Crippen LogP contribution < -0.4 is 5.73 Å². The summed E-state index contributed by atoms with van der Waals surface area (Å²) in [6.45, 7) is 0. The zero-order valence-corrected chi connectivity index (χ0v) is 8.14. The predicted molar refractivity (Wildman–Crippen MR) is 54.2 cm³/mol. The SMILES string of the molecule is COC(=O)C(=O)N=C(N)c1ccccc1. The first-order chi connectivity index (χ1) is 7.15. The molecule has 5 nitrogen and oxygen atoms in total. The summed E-state index contributed by atoms with van der Waals surface area (Å²) in [7, 11) is 1.11. The molecule has 0 aromatic heterocycles. The number of nitrogens with zero attached hydrogens (tertiary/aromatic N) is 1. The van der Waals surface area contributed by atoms with Gasteiger partial charge in [-0.3, -0.25) is 4.79 Å². The summed E-state index contributed by atoms with van der Waals surface area (Å²) in [6.07, 6.45) is 0. The fourth-order valence-corrected chi connectivity index (χ4v) is 0.916. The van der Waals surface area contributed by atoms with Crippen LogP contribution in [0.4, 0.5) is 0 Å². The van der Waals surface area contributed by atoms with Gasteiger partial charge in [0.1, 0.15) is 5.84 Å². The van der Waals surface area contributed by atoms with Crippen molar-refractivity contribution in [3.8, 4) is 0 Å². The van der Waals surface area contributed by atoms with Crippen molar-refractivity contribution < 1.29 is 14.3 Å². The van der Waals surface area contributed by atoms with Crippen LogP contribution in [0.5, 0.6) is 0 Å². The number of rotatable bonds is 1. The second-order valence-corrected chi connectivity index (χ2v) is 2.66. The van der Waals surface area contributed by atoms with E-state index in [0.29, 0.717) is 5.56 Å². The van der Waals surface area contributed by atoms with Crippen LogP contribution in [-0.4, -0.2) is 24.8 Å². The number of carbonyl (C=O) groups excluding carboxylic acids is 2. The third kappa shape index (κ3) is 2.91. The highest BCUT2D eigenvalue weighted by Gasteiger charge is 2.13.